The van der Waals surface area contributed by atoms with Crippen LogP contribution in [0, 0.1) is 5.41 Å². The maximum atomic E-state index is 12.5. The number of carbonyl (C=O) groups is 1. The number of aliphatic hydroxyl groups is 1. The fourth-order valence-electron chi connectivity index (χ4n) is 1.39. The second kappa shape index (κ2) is 5.36. The highest BCUT2D eigenvalue weighted by Gasteiger charge is 2.81. The molecule has 136 valence electrons. The van der Waals surface area contributed by atoms with Crippen molar-refractivity contribution in [2.75, 3.05) is 0 Å². The van der Waals surface area contributed by atoms with Gasteiger partial charge in [0.15, 0.2) is 5.57 Å². The summed E-state index contributed by atoms with van der Waals surface area (Å²) in [5, 5.41) is 16.6. The quantitative estimate of drug-likeness (QED) is 0.565. The lowest BCUT2D eigenvalue weighted by molar-refractivity contribution is -0.326. The van der Waals surface area contributed by atoms with Gasteiger partial charge in [-0.1, -0.05) is 0 Å². The van der Waals surface area contributed by atoms with Gasteiger partial charge in [-0.2, -0.15) is 52.7 Å². The molecule has 0 aliphatic rings. The van der Waals surface area contributed by atoms with Gasteiger partial charge in [-0.15, -0.1) is 0 Å². The van der Waals surface area contributed by atoms with Crippen molar-refractivity contribution in [1.82, 2.24) is 0 Å². The lowest BCUT2D eigenvalue weighted by Gasteiger charge is -2.34. The van der Waals surface area contributed by atoms with Crippen molar-refractivity contribution in [1.29, 1.82) is 0 Å². The molecule has 0 saturated heterocycles. The monoisotopic (exact) mass is 374 g/mol. The van der Waals surface area contributed by atoms with Crippen molar-refractivity contribution >= 4 is 5.97 Å². The van der Waals surface area contributed by atoms with Crippen molar-refractivity contribution in [3.05, 3.63) is 11.3 Å². The molecular weight excluding hydrogens is 372 g/mol. The Kier molecular flexibility index (Phi) is 4.94. The van der Waals surface area contributed by atoms with Crippen molar-refractivity contribution in [3.63, 3.8) is 0 Å². The minimum absolute atomic E-state index is 4.22. The van der Waals surface area contributed by atoms with Crippen LogP contribution in [-0.4, -0.2) is 40.9 Å². The number of allylic oxidation sites excluding steroid dienone is 1. The Labute approximate surface area is 116 Å². The first kappa shape index (κ1) is 21.2. The fraction of sp³-hybridized carbons (Fsp3) is 0.625. The summed E-state index contributed by atoms with van der Waals surface area (Å²) in [7, 11) is 0. The van der Waals surface area contributed by atoms with E-state index in [4.69, 9.17) is 10.2 Å². The van der Waals surface area contributed by atoms with E-state index in [0.717, 1.165) is 0 Å². The van der Waals surface area contributed by atoms with E-state index in [9.17, 15) is 57.5 Å². The largest absolute Gasteiger partial charge is 0.510 e. The van der Waals surface area contributed by atoms with Gasteiger partial charge in [-0.3, -0.25) is 4.79 Å². The zero-order valence-corrected chi connectivity index (χ0v) is 9.84. The van der Waals surface area contributed by atoms with Crippen LogP contribution in [-0.2, 0) is 4.79 Å². The van der Waals surface area contributed by atoms with Crippen molar-refractivity contribution in [3.8, 4) is 0 Å². The van der Waals surface area contributed by atoms with Gasteiger partial charge >= 0.3 is 36.1 Å². The van der Waals surface area contributed by atoms with Crippen molar-refractivity contribution in [2.45, 2.75) is 24.7 Å². The molecule has 0 aromatic carbocycles. The number of alkyl halides is 12. The fourth-order valence-corrected chi connectivity index (χ4v) is 1.39. The van der Waals surface area contributed by atoms with Crippen LogP contribution in [0.25, 0.3) is 0 Å². The maximum Gasteiger partial charge on any atom is 0.424 e. The van der Waals surface area contributed by atoms with E-state index >= 15 is 0 Å². The van der Waals surface area contributed by atoms with Crippen molar-refractivity contribution < 1.29 is 67.7 Å². The van der Waals surface area contributed by atoms with E-state index in [0.29, 0.717) is 0 Å². The molecule has 0 unspecified atom stereocenters. The van der Waals surface area contributed by atoms with Crippen LogP contribution in [0.2, 0.25) is 0 Å². The van der Waals surface area contributed by atoms with Crippen LogP contribution in [0.1, 0.15) is 0 Å². The summed E-state index contributed by atoms with van der Waals surface area (Å²) in [6, 6.07) is 0. The molecule has 0 rings (SSSR count). The second-order valence-corrected chi connectivity index (χ2v) is 3.77. The first-order valence-electron chi connectivity index (χ1n) is 4.67. The highest BCUT2D eigenvalue weighted by molar-refractivity contribution is 5.81. The molecule has 15 heteroatoms. The summed E-state index contributed by atoms with van der Waals surface area (Å²) in [6.45, 7) is 0. The lowest BCUT2D eigenvalue weighted by Crippen LogP contribution is -2.58. The Morgan fingerprint density at radius 3 is 1.00 bits per heavy atom. The Hall–Kier alpha value is -1.83. The Morgan fingerprint density at radius 2 is 0.870 bits per heavy atom. The van der Waals surface area contributed by atoms with Gasteiger partial charge in [0.05, 0.1) is 0 Å². The highest BCUT2D eigenvalue weighted by Crippen LogP contribution is 2.57. The molecule has 0 heterocycles. The van der Waals surface area contributed by atoms with Gasteiger partial charge in [0.1, 0.15) is 5.76 Å². The van der Waals surface area contributed by atoms with E-state index in [1.807, 2.05) is 0 Å². The van der Waals surface area contributed by atoms with Gasteiger partial charge in [0.2, 0.25) is 0 Å². The van der Waals surface area contributed by atoms with E-state index in [1.54, 1.807) is 0 Å². The normalized spacial score (nSPS) is 14.6. The van der Waals surface area contributed by atoms with Crippen LogP contribution in [0.4, 0.5) is 52.7 Å². The molecule has 0 aliphatic carbocycles. The minimum Gasteiger partial charge on any atom is -0.510 e. The molecule has 0 amide bonds. The third-order valence-corrected chi connectivity index (χ3v) is 2.33. The van der Waals surface area contributed by atoms with Crippen molar-refractivity contribution in [2.24, 2.45) is 5.41 Å². The van der Waals surface area contributed by atoms with Gasteiger partial charge in [0, 0.05) is 0 Å². The summed E-state index contributed by atoms with van der Waals surface area (Å²) in [6.07, 6.45) is -28.5. The predicted octanol–water partition coefficient (Wildman–Crippen LogP) is 4.12. The van der Waals surface area contributed by atoms with Gasteiger partial charge in [-0.25, -0.2) is 0 Å². The number of halogens is 12. The minimum atomic E-state index is -7.27. The number of hydrogen-bond donors (Lipinski definition) is 2. The molecule has 0 aromatic heterocycles. The summed E-state index contributed by atoms with van der Waals surface area (Å²) in [5.41, 5.74) is -11.5. The summed E-state index contributed by atoms with van der Waals surface area (Å²) in [5.74, 6) is -8.70. The van der Waals surface area contributed by atoms with Gasteiger partial charge in [-0.05, 0) is 0 Å². The highest BCUT2D eigenvalue weighted by atomic mass is 19.4. The first-order chi connectivity index (χ1) is 9.72. The molecule has 0 bridgehead atoms. The molecule has 2 N–H and O–H groups in total. The molecule has 0 fully saturated rings. The zero-order valence-electron chi connectivity index (χ0n) is 9.84. The van der Waals surface area contributed by atoms with Gasteiger partial charge in [0.25, 0.3) is 0 Å². The summed E-state index contributed by atoms with van der Waals surface area (Å²) in [4.78, 5) is 10.3. The number of hydrogen-bond acceptors (Lipinski definition) is 2. The lowest BCUT2D eigenvalue weighted by atomic mass is 9.81. The Balaban J connectivity index is 7.25. The Bertz CT molecular complexity index is 472. The van der Waals surface area contributed by atoms with Crippen LogP contribution in [0.3, 0.4) is 0 Å². The standard InChI is InChI=1S/C8H2F12O3/c9-5(10,11)1(6(12,13)14)2(21)4(3(22)23,7(15,16)17)8(18,19)20/h21H,(H,22,23). The van der Waals surface area contributed by atoms with Gasteiger partial charge < -0.3 is 10.2 Å². The smallest absolute Gasteiger partial charge is 0.424 e. The molecular formula is C8H2F12O3. The number of rotatable bonds is 2. The molecule has 3 nitrogen and oxygen atoms in total. The second-order valence-electron chi connectivity index (χ2n) is 3.77. The number of carboxylic acid groups (broad SMARTS) is 1. The number of aliphatic hydroxyl groups excluding tert-OH is 1. The maximum absolute atomic E-state index is 12.5. The molecule has 0 aromatic rings. The number of aliphatic carboxylic acids is 1. The van der Waals surface area contributed by atoms with E-state index in [-0.39, 0.29) is 0 Å². The summed E-state index contributed by atoms with van der Waals surface area (Å²) >= 11 is 0. The topological polar surface area (TPSA) is 57.5 Å². The molecule has 0 atom stereocenters. The molecule has 0 radical (unpaired) electrons. The molecule has 0 saturated carbocycles. The number of carboxylic acids is 1. The Morgan fingerprint density at radius 1 is 0.609 bits per heavy atom. The SMILES string of the molecule is O=C(O)C(C(O)=C(C(F)(F)F)C(F)(F)F)(C(F)(F)F)C(F)(F)F. The van der Waals surface area contributed by atoms with Crippen LogP contribution in [0.5, 0.6) is 0 Å². The van der Waals surface area contributed by atoms with Crippen LogP contribution >= 0.6 is 0 Å². The third-order valence-electron chi connectivity index (χ3n) is 2.33. The van der Waals surface area contributed by atoms with E-state index < -0.39 is 47.4 Å². The molecule has 0 spiro atoms. The summed E-state index contributed by atoms with van der Waals surface area (Å²) < 4.78 is 148. The van der Waals surface area contributed by atoms with Crippen LogP contribution < -0.4 is 0 Å². The van der Waals surface area contributed by atoms with Crippen LogP contribution in [0.15, 0.2) is 11.3 Å². The zero-order chi connectivity index (χ0) is 19.2. The average Bonchev–Trinajstić information content (AvgIpc) is 2.04. The molecule has 0 aliphatic heterocycles. The van der Waals surface area contributed by atoms with E-state index in [1.165, 1.54) is 0 Å². The third kappa shape index (κ3) is 3.41. The molecule has 23 heavy (non-hydrogen) atoms. The average molecular weight is 374 g/mol. The predicted molar refractivity (Wildman–Crippen MR) is 43.9 cm³/mol. The van der Waals surface area contributed by atoms with E-state index in [2.05, 4.69) is 0 Å². The first-order valence-corrected chi connectivity index (χ1v) is 4.67.